The van der Waals surface area contributed by atoms with Crippen LogP contribution in [0.2, 0.25) is 10.0 Å². The van der Waals surface area contributed by atoms with E-state index in [-0.39, 0.29) is 6.04 Å². The number of nitrogens with zero attached hydrogens (tertiary/aromatic N) is 3. The van der Waals surface area contributed by atoms with E-state index in [2.05, 4.69) is 44.9 Å². The fourth-order valence-corrected chi connectivity index (χ4v) is 3.02. The first-order valence-electron chi connectivity index (χ1n) is 8.31. The minimum atomic E-state index is 0.0844. The van der Waals surface area contributed by atoms with Gasteiger partial charge in [0.25, 0.3) is 0 Å². The van der Waals surface area contributed by atoms with Gasteiger partial charge in [0.1, 0.15) is 0 Å². The van der Waals surface area contributed by atoms with Gasteiger partial charge >= 0.3 is 0 Å². The first-order chi connectivity index (χ1) is 12.6. The highest BCUT2D eigenvalue weighted by molar-refractivity contribution is 6.35. The summed E-state index contributed by atoms with van der Waals surface area (Å²) in [7, 11) is 0. The molecule has 26 heavy (non-hydrogen) atoms. The molecule has 0 aliphatic rings. The topological polar surface area (TPSA) is 62.7 Å². The number of anilines is 2. The van der Waals surface area contributed by atoms with E-state index in [4.69, 9.17) is 23.2 Å². The highest BCUT2D eigenvalue weighted by atomic mass is 35.5. The summed E-state index contributed by atoms with van der Waals surface area (Å²) in [6.45, 7) is 2.73. The van der Waals surface area contributed by atoms with Gasteiger partial charge in [-0.15, -0.1) is 5.10 Å². The van der Waals surface area contributed by atoms with Crippen molar-refractivity contribution in [2.45, 2.75) is 19.4 Å². The molecule has 5 nitrogen and oxygen atoms in total. The van der Waals surface area contributed by atoms with E-state index in [1.54, 1.807) is 12.3 Å². The third-order valence-corrected chi connectivity index (χ3v) is 4.51. The first kappa shape index (κ1) is 18.4. The zero-order valence-electron chi connectivity index (χ0n) is 14.3. The standard InChI is InChI=1S/C19H19Cl2N5/c1-13(14-5-3-2-4-6-14)24-19-25-18(12-23-26-19)22-10-9-15-7-8-16(20)11-17(15)21/h2-8,11-13H,9-10H2,1H3,(H2,22,24,25,26). The molecule has 2 N–H and O–H groups in total. The fourth-order valence-electron chi connectivity index (χ4n) is 2.52. The third kappa shape index (κ3) is 5.07. The first-order valence-corrected chi connectivity index (χ1v) is 9.06. The van der Waals surface area contributed by atoms with Crippen molar-refractivity contribution in [2.24, 2.45) is 0 Å². The van der Waals surface area contributed by atoms with Crippen molar-refractivity contribution in [1.29, 1.82) is 0 Å². The molecule has 1 atom stereocenters. The van der Waals surface area contributed by atoms with Gasteiger partial charge in [0, 0.05) is 16.6 Å². The van der Waals surface area contributed by atoms with Crippen LogP contribution in [0.5, 0.6) is 0 Å². The Labute approximate surface area is 162 Å². The minimum absolute atomic E-state index is 0.0844. The molecule has 3 rings (SSSR count). The van der Waals surface area contributed by atoms with E-state index in [1.807, 2.05) is 30.3 Å². The van der Waals surface area contributed by atoms with Gasteiger partial charge < -0.3 is 10.6 Å². The Hall–Kier alpha value is -2.37. The lowest BCUT2D eigenvalue weighted by Crippen LogP contribution is -2.12. The number of rotatable bonds is 7. The smallest absolute Gasteiger partial charge is 0.245 e. The summed E-state index contributed by atoms with van der Waals surface area (Å²) in [6, 6.07) is 15.7. The summed E-state index contributed by atoms with van der Waals surface area (Å²) >= 11 is 12.1. The van der Waals surface area contributed by atoms with E-state index in [0.717, 1.165) is 17.5 Å². The maximum Gasteiger partial charge on any atom is 0.245 e. The number of aromatic nitrogens is 3. The predicted octanol–water partition coefficient (Wildman–Crippen LogP) is 5.01. The molecule has 2 aromatic carbocycles. The largest absolute Gasteiger partial charge is 0.368 e. The van der Waals surface area contributed by atoms with Crippen LogP contribution in [0.25, 0.3) is 0 Å². The fraction of sp³-hybridized carbons (Fsp3) is 0.211. The van der Waals surface area contributed by atoms with Crippen LogP contribution >= 0.6 is 23.2 Å². The zero-order chi connectivity index (χ0) is 18.4. The van der Waals surface area contributed by atoms with Crippen molar-refractivity contribution >= 4 is 35.0 Å². The molecule has 0 aliphatic carbocycles. The minimum Gasteiger partial charge on any atom is -0.368 e. The molecule has 1 heterocycles. The number of benzene rings is 2. The van der Waals surface area contributed by atoms with Crippen LogP contribution in [0.1, 0.15) is 24.1 Å². The Morgan fingerprint density at radius 3 is 2.65 bits per heavy atom. The second-order valence-electron chi connectivity index (χ2n) is 5.85. The summed E-state index contributed by atoms with van der Waals surface area (Å²) in [5, 5.41) is 15.9. The molecule has 0 aliphatic heterocycles. The van der Waals surface area contributed by atoms with E-state index in [9.17, 15) is 0 Å². The van der Waals surface area contributed by atoms with Crippen LogP contribution in [0, 0.1) is 0 Å². The van der Waals surface area contributed by atoms with Crippen LogP contribution in [-0.4, -0.2) is 21.7 Å². The molecule has 1 aromatic heterocycles. The molecular weight excluding hydrogens is 369 g/mol. The van der Waals surface area contributed by atoms with Gasteiger partial charge in [0.15, 0.2) is 5.82 Å². The quantitative estimate of drug-likeness (QED) is 0.596. The Morgan fingerprint density at radius 2 is 1.88 bits per heavy atom. The highest BCUT2D eigenvalue weighted by Crippen LogP contribution is 2.21. The number of halogens is 2. The molecule has 7 heteroatoms. The number of nitrogens with one attached hydrogen (secondary N) is 2. The molecule has 0 spiro atoms. The van der Waals surface area contributed by atoms with Gasteiger partial charge in [-0.2, -0.15) is 10.1 Å². The van der Waals surface area contributed by atoms with Gasteiger partial charge in [0.2, 0.25) is 5.95 Å². The summed E-state index contributed by atoms with van der Waals surface area (Å²) < 4.78 is 0. The highest BCUT2D eigenvalue weighted by Gasteiger charge is 2.08. The summed E-state index contributed by atoms with van der Waals surface area (Å²) in [5.74, 6) is 1.14. The average molecular weight is 388 g/mol. The second-order valence-corrected chi connectivity index (χ2v) is 6.70. The Balaban J connectivity index is 1.57. The number of hydrogen-bond donors (Lipinski definition) is 2. The van der Waals surface area contributed by atoms with Crippen molar-refractivity contribution < 1.29 is 0 Å². The van der Waals surface area contributed by atoms with Crippen molar-refractivity contribution in [3.63, 3.8) is 0 Å². The molecule has 0 amide bonds. The Morgan fingerprint density at radius 1 is 1.08 bits per heavy atom. The second kappa shape index (κ2) is 8.83. The van der Waals surface area contributed by atoms with Gasteiger partial charge in [-0.05, 0) is 36.6 Å². The molecule has 3 aromatic rings. The SMILES string of the molecule is CC(Nc1nncc(NCCc2ccc(Cl)cc2Cl)n1)c1ccccc1. The van der Waals surface area contributed by atoms with Crippen LogP contribution in [0.15, 0.2) is 54.7 Å². The van der Waals surface area contributed by atoms with Gasteiger partial charge in [-0.3, -0.25) is 0 Å². The molecule has 134 valence electrons. The molecule has 0 bridgehead atoms. The zero-order valence-corrected chi connectivity index (χ0v) is 15.8. The van der Waals surface area contributed by atoms with Crippen molar-refractivity contribution in [1.82, 2.24) is 15.2 Å². The van der Waals surface area contributed by atoms with E-state index in [0.29, 0.717) is 28.4 Å². The normalized spacial score (nSPS) is 11.8. The van der Waals surface area contributed by atoms with Crippen LogP contribution in [0.3, 0.4) is 0 Å². The number of hydrogen-bond acceptors (Lipinski definition) is 5. The van der Waals surface area contributed by atoms with Crippen LogP contribution in [0.4, 0.5) is 11.8 Å². The molecular formula is C19H19Cl2N5. The third-order valence-electron chi connectivity index (χ3n) is 3.92. The van der Waals surface area contributed by atoms with E-state index >= 15 is 0 Å². The lowest BCUT2D eigenvalue weighted by Gasteiger charge is -2.14. The maximum atomic E-state index is 6.19. The molecule has 0 saturated carbocycles. The predicted molar refractivity (Wildman–Crippen MR) is 107 cm³/mol. The van der Waals surface area contributed by atoms with Crippen molar-refractivity contribution in [2.75, 3.05) is 17.2 Å². The van der Waals surface area contributed by atoms with E-state index < -0.39 is 0 Å². The molecule has 0 saturated heterocycles. The van der Waals surface area contributed by atoms with E-state index in [1.165, 1.54) is 0 Å². The monoisotopic (exact) mass is 387 g/mol. The Kier molecular flexibility index (Phi) is 6.26. The van der Waals surface area contributed by atoms with Crippen molar-refractivity contribution in [3.05, 3.63) is 75.9 Å². The average Bonchev–Trinajstić information content (AvgIpc) is 2.64. The summed E-state index contributed by atoms with van der Waals surface area (Å²) in [6.07, 6.45) is 2.35. The summed E-state index contributed by atoms with van der Waals surface area (Å²) in [5.41, 5.74) is 2.19. The maximum absolute atomic E-state index is 6.19. The Bertz CT molecular complexity index is 858. The molecule has 0 radical (unpaired) electrons. The lowest BCUT2D eigenvalue weighted by molar-refractivity contribution is 0.838. The van der Waals surface area contributed by atoms with Crippen LogP contribution < -0.4 is 10.6 Å². The lowest BCUT2D eigenvalue weighted by atomic mass is 10.1. The molecule has 0 fully saturated rings. The van der Waals surface area contributed by atoms with Crippen molar-refractivity contribution in [3.8, 4) is 0 Å². The molecule has 1 unspecified atom stereocenters. The van der Waals surface area contributed by atoms with Gasteiger partial charge in [0.05, 0.1) is 12.2 Å². The van der Waals surface area contributed by atoms with Crippen LogP contribution in [-0.2, 0) is 6.42 Å². The van der Waals surface area contributed by atoms with Gasteiger partial charge in [-0.1, -0.05) is 59.6 Å². The summed E-state index contributed by atoms with van der Waals surface area (Å²) in [4.78, 5) is 4.46. The van der Waals surface area contributed by atoms with Gasteiger partial charge in [-0.25, -0.2) is 0 Å².